The Balaban J connectivity index is 2.16. The maximum atomic E-state index is 12.0. The van der Waals surface area contributed by atoms with Gasteiger partial charge in [-0.15, -0.1) is 23.1 Å². The molecule has 6 heteroatoms. The molecule has 1 aromatic carbocycles. The quantitative estimate of drug-likeness (QED) is 0.844. The van der Waals surface area contributed by atoms with Crippen molar-refractivity contribution in [2.75, 3.05) is 16.8 Å². The molecule has 3 N–H and O–H groups in total. The van der Waals surface area contributed by atoms with Gasteiger partial charge in [-0.3, -0.25) is 4.79 Å². The summed E-state index contributed by atoms with van der Waals surface area (Å²) >= 11 is 2.95. The number of aromatic nitrogens is 1. The second kappa shape index (κ2) is 5.88. The normalized spacial score (nSPS) is 10.3. The first-order valence-electron chi connectivity index (χ1n) is 5.45. The van der Waals surface area contributed by atoms with Crippen LogP contribution in [0.25, 0.3) is 0 Å². The summed E-state index contributed by atoms with van der Waals surface area (Å²) in [5.74, 6) is 0.725. The molecule has 0 aliphatic carbocycles. The molecule has 0 aliphatic heterocycles. The van der Waals surface area contributed by atoms with Gasteiger partial charge in [-0.25, -0.2) is 4.98 Å². The Labute approximate surface area is 114 Å². The topological polar surface area (TPSA) is 68.0 Å². The van der Waals surface area contributed by atoms with Gasteiger partial charge >= 0.3 is 0 Å². The van der Waals surface area contributed by atoms with Crippen molar-refractivity contribution in [1.29, 1.82) is 0 Å². The number of nitrogens with two attached hydrogens (primary N) is 1. The Bertz CT molecular complexity index is 554. The zero-order valence-electron chi connectivity index (χ0n) is 9.84. The van der Waals surface area contributed by atoms with Crippen molar-refractivity contribution in [3.63, 3.8) is 0 Å². The number of amides is 1. The monoisotopic (exact) mass is 279 g/mol. The number of rotatable bonds is 4. The van der Waals surface area contributed by atoms with E-state index in [1.165, 1.54) is 11.3 Å². The Kier molecular flexibility index (Phi) is 4.22. The predicted octanol–water partition coefficient (Wildman–Crippen LogP) is 3.09. The van der Waals surface area contributed by atoms with Crippen LogP contribution in [0.4, 0.5) is 10.8 Å². The average molecular weight is 279 g/mol. The van der Waals surface area contributed by atoms with Gasteiger partial charge in [0.15, 0.2) is 5.13 Å². The van der Waals surface area contributed by atoms with E-state index in [2.05, 4.69) is 17.2 Å². The van der Waals surface area contributed by atoms with E-state index < -0.39 is 0 Å². The smallest absolute Gasteiger partial charge is 0.275 e. The number of nitrogens with zero attached hydrogens (tertiary/aromatic N) is 1. The molecule has 1 heterocycles. The average Bonchev–Trinajstić information content (AvgIpc) is 2.79. The number of carbonyl (C=O) groups excluding carboxylic acids is 1. The standard InChI is InChI=1S/C12H13N3OS2/c1-2-17-10-6-4-3-5-8(10)14-11(16)9-7-18-12(13)15-9/h3-7H,2H2,1H3,(H2,13,15)(H,14,16). The van der Waals surface area contributed by atoms with Crippen LogP contribution in [0.1, 0.15) is 17.4 Å². The van der Waals surface area contributed by atoms with E-state index in [1.54, 1.807) is 17.1 Å². The molecule has 4 nitrogen and oxygen atoms in total. The molecule has 2 aromatic rings. The number of benzene rings is 1. The molecular formula is C12H13N3OS2. The first-order chi connectivity index (χ1) is 8.70. The SMILES string of the molecule is CCSc1ccccc1NC(=O)c1csc(N)n1. The molecule has 94 valence electrons. The Hall–Kier alpha value is -1.53. The molecule has 1 aromatic heterocycles. The minimum Gasteiger partial charge on any atom is -0.375 e. The molecule has 0 aliphatic rings. The van der Waals surface area contributed by atoms with Crippen LogP contribution in [0.15, 0.2) is 34.5 Å². The number of thiazole rings is 1. The number of hydrogen-bond donors (Lipinski definition) is 2. The Morgan fingerprint density at radius 2 is 2.28 bits per heavy atom. The van der Waals surface area contributed by atoms with Crippen LogP contribution in [-0.2, 0) is 0 Å². The van der Waals surface area contributed by atoms with Crippen LogP contribution in [0.5, 0.6) is 0 Å². The summed E-state index contributed by atoms with van der Waals surface area (Å²) < 4.78 is 0. The lowest BCUT2D eigenvalue weighted by atomic mass is 10.3. The van der Waals surface area contributed by atoms with Crippen LogP contribution in [0.3, 0.4) is 0 Å². The molecule has 0 saturated carbocycles. The van der Waals surface area contributed by atoms with Crippen LogP contribution in [-0.4, -0.2) is 16.6 Å². The van der Waals surface area contributed by atoms with Gasteiger partial charge in [0.25, 0.3) is 5.91 Å². The highest BCUT2D eigenvalue weighted by Gasteiger charge is 2.11. The highest BCUT2D eigenvalue weighted by molar-refractivity contribution is 7.99. The molecule has 0 radical (unpaired) electrons. The third kappa shape index (κ3) is 3.02. The highest BCUT2D eigenvalue weighted by Crippen LogP contribution is 2.27. The van der Waals surface area contributed by atoms with Gasteiger partial charge in [0.05, 0.1) is 5.69 Å². The third-order valence-corrected chi connectivity index (χ3v) is 3.82. The number of hydrogen-bond acceptors (Lipinski definition) is 5. The molecule has 0 atom stereocenters. The van der Waals surface area contributed by atoms with Crippen molar-refractivity contribution >= 4 is 39.8 Å². The maximum Gasteiger partial charge on any atom is 0.275 e. The zero-order valence-corrected chi connectivity index (χ0v) is 11.5. The van der Waals surface area contributed by atoms with E-state index in [-0.39, 0.29) is 5.91 Å². The van der Waals surface area contributed by atoms with E-state index >= 15 is 0 Å². The number of thioether (sulfide) groups is 1. The lowest BCUT2D eigenvalue weighted by Gasteiger charge is -2.08. The van der Waals surface area contributed by atoms with Gasteiger partial charge < -0.3 is 11.1 Å². The van der Waals surface area contributed by atoms with Crippen LogP contribution < -0.4 is 11.1 Å². The first kappa shape index (κ1) is 12.9. The highest BCUT2D eigenvalue weighted by atomic mass is 32.2. The number of carbonyl (C=O) groups is 1. The zero-order chi connectivity index (χ0) is 13.0. The third-order valence-electron chi connectivity index (χ3n) is 2.19. The number of nitrogens with one attached hydrogen (secondary N) is 1. The summed E-state index contributed by atoms with van der Waals surface area (Å²) in [4.78, 5) is 17.0. The van der Waals surface area contributed by atoms with Crippen LogP contribution in [0.2, 0.25) is 0 Å². The molecule has 1 amide bonds. The van der Waals surface area contributed by atoms with Gasteiger partial charge in [-0.1, -0.05) is 19.1 Å². The molecule has 0 spiro atoms. The van der Waals surface area contributed by atoms with Gasteiger partial charge in [-0.05, 0) is 17.9 Å². The number of anilines is 2. The molecular weight excluding hydrogens is 266 g/mol. The second-order valence-electron chi connectivity index (χ2n) is 3.45. The van der Waals surface area contributed by atoms with E-state index in [0.717, 1.165) is 16.3 Å². The summed E-state index contributed by atoms with van der Waals surface area (Å²) in [6.45, 7) is 2.07. The minimum atomic E-state index is -0.230. The van der Waals surface area contributed by atoms with E-state index in [1.807, 2.05) is 24.3 Å². The fourth-order valence-electron chi connectivity index (χ4n) is 1.43. The van der Waals surface area contributed by atoms with Gasteiger partial charge in [0.1, 0.15) is 5.69 Å². The Morgan fingerprint density at radius 1 is 1.50 bits per heavy atom. The van der Waals surface area contributed by atoms with Gasteiger partial charge in [0, 0.05) is 10.3 Å². The second-order valence-corrected chi connectivity index (χ2v) is 5.65. The molecule has 0 fully saturated rings. The lowest BCUT2D eigenvalue weighted by Crippen LogP contribution is -2.13. The fourth-order valence-corrected chi connectivity index (χ4v) is 2.73. The predicted molar refractivity (Wildman–Crippen MR) is 77.3 cm³/mol. The summed E-state index contributed by atoms with van der Waals surface area (Å²) in [6, 6.07) is 7.71. The minimum absolute atomic E-state index is 0.230. The fraction of sp³-hybridized carbons (Fsp3) is 0.167. The van der Waals surface area contributed by atoms with Crippen molar-refractivity contribution in [1.82, 2.24) is 4.98 Å². The molecule has 2 rings (SSSR count). The molecule has 0 bridgehead atoms. The van der Waals surface area contributed by atoms with Gasteiger partial charge in [-0.2, -0.15) is 0 Å². The van der Waals surface area contributed by atoms with Crippen molar-refractivity contribution in [3.8, 4) is 0 Å². The van der Waals surface area contributed by atoms with Gasteiger partial charge in [0.2, 0.25) is 0 Å². The Morgan fingerprint density at radius 3 is 2.94 bits per heavy atom. The van der Waals surface area contributed by atoms with Crippen molar-refractivity contribution in [2.24, 2.45) is 0 Å². The molecule has 0 saturated heterocycles. The molecule has 18 heavy (non-hydrogen) atoms. The summed E-state index contributed by atoms with van der Waals surface area (Å²) in [6.07, 6.45) is 0. The lowest BCUT2D eigenvalue weighted by molar-refractivity contribution is 0.102. The summed E-state index contributed by atoms with van der Waals surface area (Å²) in [5.41, 5.74) is 6.67. The van der Waals surface area contributed by atoms with E-state index in [9.17, 15) is 4.79 Å². The number of para-hydroxylation sites is 1. The van der Waals surface area contributed by atoms with Crippen molar-refractivity contribution < 1.29 is 4.79 Å². The van der Waals surface area contributed by atoms with Crippen LogP contribution >= 0.6 is 23.1 Å². The summed E-state index contributed by atoms with van der Waals surface area (Å²) in [7, 11) is 0. The molecule has 0 unspecified atom stereocenters. The largest absolute Gasteiger partial charge is 0.375 e. The van der Waals surface area contributed by atoms with Crippen molar-refractivity contribution in [3.05, 3.63) is 35.3 Å². The van der Waals surface area contributed by atoms with Crippen molar-refractivity contribution in [2.45, 2.75) is 11.8 Å². The van der Waals surface area contributed by atoms with E-state index in [4.69, 9.17) is 5.73 Å². The van der Waals surface area contributed by atoms with E-state index in [0.29, 0.717) is 10.8 Å². The van der Waals surface area contributed by atoms with Crippen LogP contribution in [0, 0.1) is 0 Å². The maximum absolute atomic E-state index is 12.0. The number of nitrogen functional groups attached to an aromatic ring is 1. The first-order valence-corrected chi connectivity index (χ1v) is 7.31. The summed E-state index contributed by atoms with van der Waals surface area (Å²) in [5, 5.41) is 4.91.